The highest BCUT2D eigenvalue weighted by Gasteiger charge is 2.24. The van der Waals surface area contributed by atoms with Gasteiger partial charge in [-0.15, -0.1) is 0 Å². The van der Waals surface area contributed by atoms with Crippen LogP contribution in [0.4, 0.5) is 10.5 Å². The molecule has 4 heteroatoms. The Bertz CT molecular complexity index is 569. The Hall–Kier alpha value is -1.97. The van der Waals surface area contributed by atoms with Crippen molar-refractivity contribution in [1.82, 2.24) is 10.2 Å². The summed E-state index contributed by atoms with van der Waals surface area (Å²) in [5.41, 5.74) is 3.83. The van der Waals surface area contributed by atoms with E-state index in [-0.39, 0.29) is 6.03 Å². The first-order valence-electron chi connectivity index (χ1n) is 8.17. The molecule has 1 aromatic carbocycles. The van der Waals surface area contributed by atoms with Gasteiger partial charge < -0.3 is 15.1 Å². The summed E-state index contributed by atoms with van der Waals surface area (Å²) in [6.45, 7) is 7.55. The highest BCUT2D eigenvalue weighted by atomic mass is 16.2. The molecule has 0 unspecified atom stereocenters. The second kappa shape index (κ2) is 6.42. The molecule has 1 heterocycles. The number of allylic oxidation sites excluding steroid dienone is 1. The van der Waals surface area contributed by atoms with Gasteiger partial charge in [0.1, 0.15) is 0 Å². The van der Waals surface area contributed by atoms with Crippen LogP contribution in [0.1, 0.15) is 25.3 Å². The summed E-state index contributed by atoms with van der Waals surface area (Å²) in [7, 11) is 0. The van der Waals surface area contributed by atoms with Gasteiger partial charge in [0.2, 0.25) is 0 Å². The highest BCUT2D eigenvalue weighted by Crippen LogP contribution is 2.35. The van der Waals surface area contributed by atoms with Crippen LogP contribution < -0.4 is 10.2 Å². The Balaban J connectivity index is 1.50. The number of amides is 2. The number of nitrogens with one attached hydrogen (secondary N) is 1. The van der Waals surface area contributed by atoms with Crippen molar-refractivity contribution in [3.05, 3.63) is 41.6 Å². The molecule has 0 aromatic heterocycles. The summed E-state index contributed by atoms with van der Waals surface area (Å²) in [6.07, 6.45) is 4.44. The van der Waals surface area contributed by atoms with Crippen LogP contribution in [0.3, 0.4) is 0 Å². The van der Waals surface area contributed by atoms with Gasteiger partial charge >= 0.3 is 6.03 Å². The lowest BCUT2D eigenvalue weighted by Crippen LogP contribution is -2.51. The average Bonchev–Trinajstić information content (AvgIpc) is 3.37. The van der Waals surface area contributed by atoms with E-state index in [1.54, 1.807) is 0 Å². The first-order valence-corrected chi connectivity index (χ1v) is 8.17. The van der Waals surface area contributed by atoms with Crippen molar-refractivity contribution in [2.75, 3.05) is 31.1 Å². The quantitative estimate of drug-likeness (QED) is 0.930. The van der Waals surface area contributed by atoms with Gasteiger partial charge in [0.05, 0.1) is 0 Å². The molecule has 1 aliphatic heterocycles. The number of rotatable bonds is 3. The van der Waals surface area contributed by atoms with E-state index in [0.717, 1.165) is 26.2 Å². The number of aryl methyl sites for hydroxylation is 1. The van der Waals surface area contributed by atoms with E-state index in [1.807, 2.05) is 11.1 Å². The smallest absolute Gasteiger partial charge is 0.321 e. The van der Waals surface area contributed by atoms with E-state index >= 15 is 0 Å². The van der Waals surface area contributed by atoms with Crippen molar-refractivity contribution in [2.24, 2.45) is 5.92 Å². The Morgan fingerprint density at radius 3 is 2.59 bits per heavy atom. The second-order valence-corrected chi connectivity index (χ2v) is 6.43. The lowest BCUT2D eigenvalue weighted by Gasteiger charge is -2.36. The molecule has 1 saturated heterocycles. The molecule has 2 amide bonds. The van der Waals surface area contributed by atoms with E-state index < -0.39 is 0 Å². The topological polar surface area (TPSA) is 35.6 Å². The normalized spacial score (nSPS) is 19.3. The molecule has 0 spiro atoms. The maximum absolute atomic E-state index is 12.2. The first kappa shape index (κ1) is 14.9. The molecule has 2 aliphatic rings. The molecule has 1 aliphatic carbocycles. The molecule has 0 radical (unpaired) electrons. The fourth-order valence-corrected chi connectivity index (χ4v) is 2.92. The highest BCUT2D eigenvalue weighted by molar-refractivity contribution is 5.75. The molecule has 22 heavy (non-hydrogen) atoms. The summed E-state index contributed by atoms with van der Waals surface area (Å²) in [4.78, 5) is 16.4. The standard InChI is InChI=1S/C18H25N3O/c1-14-4-3-5-17(12-14)20-8-10-21(11-9-20)18(22)19-13-15(2)16-6-7-16/h3-5,12-13,16H,6-11H2,1-2H3,(H,19,22)/b15-13+. The summed E-state index contributed by atoms with van der Waals surface area (Å²) in [6, 6.07) is 8.59. The molecule has 4 nitrogen and oxygen atoms in total. The van der Waals surface area contributed by atoms with Crippen LogP contribution in [0.5, 0.6) is 0 Å². The minimum atomic E-state index is 0.0314. The maximum Gasteiger partial charge on any atom is 0.321 e. The number of anilines is 1. The molecule has 3 rings (SSSR count). The summed E-state index contributed by atoms with van der Waals surface area (Å²) in [5.74, 6) is 0.707. The minimum absolute atomic E-state index is 0.0314. The molecule has 0 bridgehead atoms. The molecule has 118 valence electrons. The van der Waals surface area contributed by atoms with Crippen LogP contribution in [0.2, 0.25) is 0 Å². The van der Waals surface area contributed by atoms with Gasteiger partial charge in [-0.3, -0.25) is 0 Å². The van der Waals surface area contributed by atoms with Gasteiger partial charge in [-0.25, -0.2) is 4.79 Å². The predicted molar refractivity (Wildman–Crippen MR) is 90.0 cm³/mol. The van der Waals surface area contributed by atoms with E-state index in [1.165, 1.54) is 29.7 Å². The van der Waals surface area contributed by atoms with Gasteiger partial charge in [0, 0.05) is 38.1 Å². The Morgan fingerprint density at radius 2 is 1.95 bits per heavy atom. The molecule has 2 fully saturated rings. The van der Waals surface area contributed by atoms with E-state index in [0.29, 0.717) is 5.92 Å². The Kier molecular flexibility index (Phi) is 4.36. The minimum Gasteiger partial charge on any atom is -0.368 e. The van der Waals surface area contributed by atoms with Crippen molar-refractivity contribution in [2.45, 2.75) is 26.7 Å². The zero-order valence-corrected chi connectivity index (χ0v) is 13.5. The maximum atomic E-state index is 12.2. The number of hydrogen-bond donors (Lipinski definition) is 1. The molecular weight excluding hydrogens is 274 g/mol. The first-order chi connectivity index (χ1) is 10.6. The Morgan fingerprint density at radius 1 is 1.23 bits per heavy atom. The number of hydrogen-bond acceptors (Lipinski definition) is 2. The fraction of sp³-hybridized carbons (Fsp3) is 0.500. The number of urea groups is 1. The second-order valence-electron chi connectivity index (χ2n) is 6.43. The van der Waals surface area contributed by atoms with E-state index in [9.17, 15) is 4.79 Å². The van der Waals surface area contributed by atoms with E-state index in [2.05, 4.69) is 48.3 Å². The SMILES string of the molecule is C/C(=C\NC(=O)N1CCN(c2cccc(C)c2)CC1)C1CC1. The van der Waals surface area contributed by atoms with Crippen molar-refractivity contribution in [3.8, 4) is 0 Å². The van der Waals surface area contributed by atoms with Crippen molar-refractivity contribution in [3.63, 3.8) is 0 Å². The number of carbonyl (C=O) groups is 1. The number of carbonyl (C=O) groups excluding carboxylic acids is 1. The fourth-order valence-electron chi connectivity index (χ4n) is 2.92. The number of piperazine rings is 1. The van der Waals surface area contributed by atoms with Crippen LogP contribution in [-0.4, -0.2) is 37.1 Å². The zero-order chi connectivity index (χ0) is 15.5. The van der Waals surface area contributed by atoms with Crippen LogP contribution in [0, 0.1) is 12.8 Å². The van der Waals surface area contributed by atoms with Crippen LogP contribution >= 0.6 is 0 Å². The van der Waals surface area contributed by atoms with Crippen molar-refractivity contribution in [1.29, 1.82) is 0 Å². The van der Waals surface area contributed by atoms with Gasteiger partial charge in [0.15, 0.2) is 0 Å². The molecular formula is C18H25N3O. The molecule has 1 saturated carbocycles. The predicted octanol–water partition coefficient (Wildman–Crippen LogP) is 3.14. The number of benzene rings is 1. The molecule has 1 aromatic rings. The van der Waals surface area contributed by atoms with E-state index in [4.69, 9.17) is 0 Å². The summed E-state index contributed by atoms with van der Waals surface area (Å²) in [5, 5.41) is 2.94. The van der Waals surface area contributed by atoms with Gasteiger partial charge in [-0.2, -0.15) is 0 Å². The van der Waals surface area contributed by atoms with Gasteiger partial charge in [-0.1, -0.05) is 17.7 Å². The monoisotopic (exact) mass is 299 g/mol. The van der Waals surface area contributed by atoms with Crippen LogP contribution in [0.25, 0.3) is 0 Å². The van der Waals surface area contributed by atoms with Crippen LogP contribution in [-0.2, 0) is 0 Å². The average molecular weight is 299 g/mol. The van der Waals surface area contributed by atoms with Gasteiger partial charge in [-0.05, 0) is 50.3 Å². The van der Waals surface area contributed by atoms with Crippen LogP contribution in [0.15, 0.2) is 36.0 Å². The zero-order valence-electron chi connectivity index (χ0n) is 13.5. The lowest BCUT2D eigenvalue weighted by atomic mass is 10.2. The van der Waals surface area contributed by atoms with Gasteiger partial charge in [0.25, 0.3) is 0 Å². The lowest BCUT2D eigenvalue weighted by molar-refractivity contribution is 0.198. The third-order valence-corrected chi connectivity index (χ3v) is 4.58. The third-order valence-electron chi connectivity index (χ3n) is 4.58. The number of nitrogens with zero attached hydrogens (tertiary/aromatic N) is 2. The third kappa shape index (κ3) is 3.62. The Labute approximate surface area is 132 Å². The molecule has 0 atom stereocenters. The molecule has 1 N–H and O–H groups in total. The largest absolute Gasteiger partial charge is 0.368 e. The van der Waals surface area contributed by atoms with Crippen molar-refractivity contribution >= 4 is 11.7 Å². The van der Waals surface area contributed by atoms with Crippen molar-refractivity contribution < 1.29 is 4.79 Å². The summed E-state index contributed by atoms with van der Waals surface area (Å²) >= 11 is 0. The summed E-state index contributed by atoms with van der Waals surface area (Å²) < 4.78 is 0.